The maximum atomic E-state index is 10.6. The van der Waals surface area contributed by atoms with E-state index in [1.165, 1.54) is 7.11 Å². The predicted octanol–water partition coefficient (Wildman–Crippen LogP) is 2.66. The monoisotopic (exact) mass is 202 g/mol. The number of hydrogen-bond acceptors (Lipinski definition) is 3. The van der Waals surface area contributed by atoms with Crippen molar-refractivity contribution < 1.29 is 14.3 Å². The van der Waals surface area contributed by atoms with E-state index in [9.17, 15) is 4.79 Å². The molecule has 13 heavy (non-hydrogen) atoms. The van der Waals surface area contributed by atoms with Crippen LogP contribution in [0.2, 0.25) is 25.7 Å². The summed E-state index contributed by atoms with van der Waals surface area (Å²) >= 11 is 0. The Morgan fingerprint density at radius 2 is 1.92 bits per heavy atom. The Kier molecular flexibility index (Phi) is 4.76. The SMILES string of the molecule is C=C(COC(=O)OC)C[Si](C)(C)C. The molecule has 0 aliphatic rings. The van der Waals surface area contributed by atoms with Crippen molar-refractivity contribution in [3.63, 3.8) is 0 Å². The first-order valence-electron chi connectivity index (χ1n) is 4.22. The van der Waals surface area contributed by atoms with Crippen molar-refractivity contribution in [2.45, 2.75) is 25.7 Å². The average molecular weight is 202 g/mol. The lowest BCUT2D eigenvalue weighted by atomic mass is 10.4. The summed E-state index contributed by atoms with van der Waals surface area (Å²) in [6.07, 6.45) is -0.642. The molecule has 0 saturated heterocycles. The number of ether oxygens (including phenoxy) is 2. The molecule has 4 heteroatoms. The second kappa shape index (κ2) is 5.06. The van der Waals surface area contributed by atoms with Crippen molar-refractivity contribution in [2.75, 3.05) is 13.7 Å². The first-order valence-corrected chi connectivity index (χ1v) is 7.93. The maximum Gasteiger partial charge on any atom is 0.508 e. The van der Waals surface area contributed by atoms with E-state index in [0.717, 1.165) is 11.6 Å². The lowest BCUT2D eigenvalue weighted by molar-refractivity contribution is 0.0799. The lowest BCUT2D eigenvalue weighted by Crippen LogP contribution is -2.21. The van der Waals surface area contributed by atoms with Crippen molar-refractivity contribution in [1.29, 1.82) is 0 Å². The molecule has 3 nitrogen and oxygen atoms in total. The largest absolute Gasteiger partial charge is 0.508 e. The standard InChI is InChI=1S/C9H18O3Si/c1-8(7-13(3,4)5)6-12-9(10)11-2/h1,6-7H2,2-5H3. The van der Waals surface area contributed by atoms with Crippen molar-refractivity contribution in [3.05, 3.63) is 12.2 Å². The molecule has 0 spiro atoms. The Morgan fingerprint density at radius 3 is 2.31 bits per heavy atom. The van der Waals surface area contributed by atoms with Crippen LogP contribution >= 0.6 is 0 Å². The Bertz CT molecular complexity index is 194. The molecule has 0 heterocycles. The summed E-state index contributed by atoms with van der Waals surface area (Å²) in [5.74, 6) is 0. The van der Waals surface area contributed by atoms with Gasteiger partial charge < -0.3 is 9.47 Å². The van der Waals surface area contributed by atoms with E-state index in [2.05, 4.69) is 31.0 Å². The van der Waals surface area contributed by atoms with Gasteiger partial charge >= 0.3 is 6.16 Å². The summed E-state index contributed by atoms with van der Waals surface area (Å²) in [7, 11) is 0.161. The third-order valence-corrected chi connectivity index (χ3v) is 2.90. The number of hydrogen-bond donors (Lipinski definition) is 0. The Balaban J connectivity index is 3.71. The minimum Gasteiger partial charge on any atom is -0.438 e. The highest BCUT2D eigenvalue weighted by Crippen LogP contribution is 2.14. The van der Waals surface area contributed by atoms with Crippen LogP contribution in [0.3, 0.4) is 0 Å². The molecule has 0 aromatic rings. The molecule has 0 aromatic heterocycles. The molecule has 0 rings (SSSR count). The van der Waals surface area contributed by atoms with Crippen LogP contribution in [0.4, 0.5) is 4.79 Å². The van der Waals surface area contributed by atoms with Crippen LogP contribution in [0.25, 0.3) is 0 Å². The van der Waals surface area contributed by atoms with Crippen LogP contribution in [0.15, 0.2) is 12.2 Å². The van der Waals surface area contributed by atoms with Crippen LogP contribution in [-0.2, 0) is 9.47 Å². The van der Waals surface area contributed by atoms with Gasteiger partial charge in [0.2, 0.25) is 0 Å². The molecule has 0 atom stereocenters. The summed E-state index contributed by atoms with van der Waals surface area (Å²) < 4.78 is 9.10. The van der Waals surface area contributed by atoms with Gasteiger partial charge in [-0.1, -0.05) is 26.2 Å². The van der Waals surface area contributed by atoms with Gasteiger partial charge in [0, 0.05) is 8.07 Å². The highest BCUT2D eigenvalue weighted by Gasteiger charge is 2.15. The van der Waals surface area contributed by atoms with Gasteiger partial charge in [0.1, 0.15) is 6.61 Å². The molecular formula is C9H18O3Si. The lowest BCUT2D eigenvalue weighted by Gasteiger charge is -2.17. The van der Waals surface area contributed by atoms with Crippen molar-refractivity contribution in [3.8, 4) is 0 Å². The van der Waals surface area contributed by atoms with Crippen LogP contribution in [-0.4, -0.2) is 27.9 Å². The fraction of sp³-hybridized carbons (Fsp3) is 0.667. The first-order chi connectivity index (χ1) is 5.85. The summed E-state index contributed by atoms with van der Waals surface area (Å²) in [6.45, 7) is 10.9. The third kappa shape index (κ3) is 7.58. The normalized spacial score (nSPS) is 10.8. The number of carbonyl (C=O) groups excluding carboxylic acids is 1. The molecule has 0 aromatic carbocycles. The van der Waals surface area contributed by atoms with Crippen LogP contribution < -0.4 is 0 Å². The van der Waals surface area contributed by atoms with Crippen molar-refractivity contribution in [2.24, 2.45) is 0 Å². The molecule has 0 bridgehead atoms. The van der Waals surface area contributed by atoms with Crippen LogP contribution in [0, 0.1) is 0 Å². The summed E-state index contributed by atoms with van der Waals surface area (Å²) in [5.41, 5.74) is 0.963. The summed E-state index contributed by atoms with van der Waals surface area (Å²) in [4.78, 5) is 10.6. The third-order valence-electron chi connectivity index (χ3n) is 1.34. The molecule has 0 amide bonds. The molecule has 0 saturated carbocycles. The fourth-order valence-corrected chi connectivity index (χ4v) is 2.62. The van der Waals surface area contributed by atoms with Gasteiger partial charge in [-0.25, -0.2) is 4.79 Å². The van der Waals surface area contributed by atoms with Crippen molar-refractivity contribution >= 4 is 14.2 Å². The summed E-state index contributed by atoms with van der Waals surface area (Å²) in [5, 5.41) is 0. The van der Waals surface area contributed by atoms with E-state index in [1.54, 1.807) is 0 Å². The van der Waals surface area contributed by atoms with E-state index < -0.39 is 14.2 Å². The Hall–Kier alpha value is -0.773. The Morgan fingerprint density at radius 1 is 1.38 bits per heavy atom. The number of methoxy groups -OCH3 is 1. The van der Waals surface area contributed by atoms with Crippen LogP contribution in [0.5, 0.6) is 0 Å². The van der Waals surface area contributed by atoms with Gasteiger partial charge in [-0.15, -0.1) is 0 Å². The van der Waals surface area contributed by atoms with Gasteiger partial charge in [-0.2, -0.15) is 0 Å². The molecule has 0 N–H and O–H groups in total. The molecule has 76 valence electrons. The zero-order valence-electron chi connectivity index (χ0n) is 8.85. The molecular weight excluding hydrogens is 184 g/mol. The second-order valence-electron chi connectivity index (χ2n) is 4.23. The zero-order chi connectivity index (χ0) is 10.5. The highest BCUT2D eigenvalue weighted by atomic mass is 28.3. The molecule has 0 unspecified atom stereocenters. The van der Waals surface area contributed by atoms with E-state index in [0.29, 0.717) is 0 Å². The van der Waals surface area contributed by atoms with E-state index in [1.807, 2.05) is 0 Å². The zero-order valence-corrected chi connectivity index (χ0v) is 9.85. The molecule has 0 aliphatic heterocycles. The predicted molar refractivity (Wildman–Crippen MR) is 55.7 cm³/mol. The average Bonchev–Trinajstić information content (AvgIpc) is 1.97. The quantitative estimate of drug-likeness (QED) is 0.399. The molecule has 0 fully saturated rings. The van der Waals surface area contributed by atoms with Gasteiger partial charge in [-0.05, 0) is 11.6 Å². The smallest absolute Gasteiger partial charge is 0.438 e. The minimum atomic E-state index is -1.13. The van der Waals surface area contributed by atoms with Crippen molar-refractivity contribution in [1.82, 2.24) is 0 Å². The first kappa shape index (κ1) is 12.2. The molecule has 0 aliphatic carbocycles. The maximum absolute atomic E-state index is 10.6. The number of carbonyl (C=O) groups is 1. The highest BCUT2D eigenvalue weighted by molar-refractivity contribution is 6.76. The fourth-order valence-electron chi connectivity index (χ4n) is 1.02. The minimum absolute atomic E-state index is 0.275. The van der Waals surface area contributed by atoms with Gasteiger partial charge in [0.05, 0.1) is 7.11 Å². The van der Waals surface area contributed by atoms with Gasteiger partial charge in [0.25, 0.3) is 0 Å². The molecule has 0 radical (unpaired) electrons. The van der Waals surface area contributed by atoms with Crippen LogP contribution in [0.1, 0.15) is 0 Å². The summed E-state index contributed by atoms with van der Waals surface area (Å²) in [6, 6.07) is 0.976. The van der Waals surface area contributed by atoms with E-state index in [-0.39, 0.29) is 6.61 Å². The Labute approximate surface area is 80.7 Å². The second-order valence-corrected chi connectivity index (χ2v) is 9.71. The van der Waals surface area contributed by atoms with E-state index in [4.69, 9.17) is 4.74 Å². The van der Waals surface area contributed by atoms with Gasteiger partial charge in [-0.3, -0.25) is 0 Å². The topological polar surface area (TPSA) is 35.5 Å². The van der Waals surface area contributed by atoms with Gasteiger partial charge in [0.15, 0.2) is 0 Å². The van der Waals surface area contributed by atoms with E-state index >= 15 is 0 Å². The number of rotatable bonds is 4.